The average molecular weight is 416 g/mol. The highest BCUT2D eigenvalue weighted by atomic mass is 32.2. The molecule has 2 saturated heterocycles. The van der Waals surface area contributed by atoms with E-state index in [0.29, 0.717) is 11.5 Å². The van der Waals surface area contributed by atoms with Gasteiger partial charge >= 0.3 is 0 Å². The van der Waals surface area contributed by atoms with Crippen LogP contribution in [-0.4, -0.2) is 45.2 Å². The highest BCUT2D eigenvalue weighted by Crippen LogP contribution is 2.34. The van der Waals surface area contributed by atoms with Gasteiger partial charge in [0.1, 0.15) is 11.5 Å². The van der Waals surface area contributed by atoms with Gasteiger partial charge < -0.3 is 8.83 Å². The molecule has 0 unspecified atom stereocenters. The molecule has 0 aliphatic carbocycles. The molecule has 0 spiro atoms. The molecule has 2 fully saturated rings. The maximum Gasteiger partial charge on any atom is 0.293 e. The zero-order valence-electron chi connectivity index (χ0n) is 14.2. The van der Waals surface area contributed by atoms with E-state index < -0.39 is 22.3 Å². The number of hydrogen-bond donors (Lipinski definition) is 0. The molecule has 4 heterocycles. The third kappa shape index (κ3) is 3.56. The molecule has 0 aromatic carbocycles. The van der Waals surface area contributed by atoms with E-state index in [4.69, 9.17) is 8.83 Å². The number of nitrogens with zero attached hydrogens (tertiary/aromatic N) is 2. The van der Waals surface area contributed by atoms with Gasteiger partial charge in [0.15, 0.2) is 0 Å². The first-order valence-electron chi connectivity index (χ1n) is 8.10. The third-order valence-corrected chi connectivity index (χ3v) is 5.74. The summed E-state index contributed by atoms with van der Waals surface area (Å²) in [5, 5.41) is -0.915. The summed E-state index contributed by atoms with van der Waals surface area (Å²) >= 11 is 1.58. The van der Waals surface area contributed by atoms with Gasteiger partial charge in [0.05, 0.1) is 22.3 Å². The largest absolute Gasteiger partial charge is 0.465 e. The molecule has 0 saturated carbocycles. The second-order valence-electron chi connectivity index (χ2n) is 5.70. The Bertz CT molecular complexity index is 925. The van der Waals surface area contributed by atoms with Gasteiger partial charge in [-0.25, -0.2) is 0 Å². The summed E-state index contributed by atoms with van der Waals surface area (Å²) in [7, 11) is 0. The van der Waals surface area contributed by atoms with Crippen molar-refractivity contribution >= 4 is 58.0 Å². The van der Waals surface area contributed by atoms with Crippen molar-refractivity contribution in [1.29, 1.82) is 0 Å². The van der Waals surface area contributed by atoms with Crippen molar-refractivity contribution in [3.63, 3.8) is 0 Å². The summed E-state index contributed by atoms with van der Waals surface area (Å²) in [6.45, 7) is -0.154. The minimum atomic E-state index is -0.482. The first kappa shape index (κ1) is 18.4. The fraction of sp³-hybridized carbons (Fsp3) is 0.111. The molecule has 4 rings (SSSR count). The molecule has 2 aliphatic heterocycles. The van der Waals surface area contributed by atoms with Crippen molar-refractivity contribution in [2.75, 3.05) is 13.1 Å². The van der Waals surface area contributed by atoms with Crippen LogP contribution in [0.3, 0.4) is 0 Å². The van der Waals surface area contributed by atoms with Crippen molar-refractivity contribution in [3.05, 3.63) is 58.1 Å². The second kappa shape index (κ2) is 7.56. The zero-order valence-corrected chi connectivity index (χ0v) is 15.8. The molecule has 0 N–H and O–H groups in total. The van der Waals surface area contributed by atoms with Crippen LogP contribution < -0.4 is 0 Å². The number of furan rings is 2. The summed E-state index contributed by atoms with van der Waals surface area (Å²) in [5.74, 6) is -0.0481. The highest BCUT2D eigenvalue weighted by molar-refractivity contribution is 8.18. The summed E-state index contributed by atoms with van der Waals surface area (Å²) in [6, 6.07) is 6.68. The van der Waals surface area contributed by atoms with Crippen LogP contribution in [0.4, 0.5) is 9.59 Å². The van der Waals surface area contributed by atoms with Gasteiger partial charge in [0, 0.05) is 25.2 Å². The Morgan fingerprint density at radius 3 is 1.54 bits per heavy atom. The minimum Gasteiger partial charge on any atom is -0.465 e. The standard InChI is InChI=1S/C18H12N2O6S2/c21-15-13(9-11-3-1-7-25-11)27-17(23)19(15)5-6-20-16(22)14(28-18(20)24)10-12-4-2-8-26-12/h1-4,7-10H,5-6H2/b13-9-,14-10-. The molecule has 2 aromatic rings. The van der Waals surface area contributed by atoms with Crippen molar-refractivity contribution in [3.8, 4) is 0 Å². The highest BCUT2D eigenvalue weighted by Gasteiger charge is 2.39. The molecule has 0 radical (unpaired) electrons. The van der Waals surface area contributed by atoms with E-state index in [-0.39, 0.29) is 22.9 Å². The number of thioether (sulfide) groups is 2. The fourth-order valence-corrected chi connectivity index (χ4v) is 4.28. The predicted molar refractivity (Wildman–Crippen MR) is 103 cm³/mol. The second-order valence-corrected chi connectivity index (χ2v) is 7.68. The number of imide groups is 2. The lowest BCUT2D eigenvalue weighted by molar-refractivity contribution is -0.125. The van der Waals surface area contributed by atoms with E-state index in [1.54, 1.807) is 24.3 Å². The van der Waals surface area contributed by atoms with Crippen LogP contribution >= 0.6 is 23.5 Å². The average Bonchev–Trinajstić information content (AvgIpc) is 3.43. The van der Waals surface area contributed by atoms with Gasteiger partial charge in [-0.1, -0.05) is 0 Å². The van der Waals surface area contributed by atoms with Crippen molar-refractivity contribution in [2.45, 2.75) is 0 Å². The third-order valence-electron chi connectivity index (χ3n) is 3.93. The summed E-state index contributed by atoms with van der Waals surface area (Å²) < 4.78 is 10.3. The molecule has 28 heavy (non-hydrogen) atoms. The van der Waals surface area contributed by atoms with Crippen LogP contribution in [0.25, 0.3) is 12.2 Å². The predicted octanol–water partition coefficient (Wildman–Crippen LogP) is 3.65. The Morgan fingerprint density at radius 1 is 0.750 bits per heavy atom. The zero-order chi connectivity index (χ0) is 19.7. The Morgan fingerprint density at radius 2 is 1.18 bits per heavy atom. The molecular weight excluding hydrogens is 404 g/mol. The van der Waals surface area contributed by atoms with Crippen molar-refractivity contribution < 1.29 is 28.0 Å². The Balaban J connectivity index is 1.43. The number of carbonyl (C=O) groups excluding carboxylic acids is 4. The SMILES string of the molecule is O=C1S/C(=C\c2ccco2)C(=O)N1CCN1C(=O)S/C(=C\c2ccco2)C1=O. The van der Waals surface area contributed by atoms with Crippen LogP contribution in [0.15, 0.2) is 55.4 Å². The van der Waals surface area contributed by atoms with E-state index in [9.17, 15) is 19.2 Å². The molecule has 8 nitrogen and oxygen atoms in total. The first-order valence-corrected chi connectivity index (χ1v) is 9.74. The lowest BCUT2D eigenvalue weighted by atomic mass is 10.3. The maximum atomic E-state index is 12.4. The molecule has 10 heteroatoms. The van der Waals surface area contributed by atoms with Crippen LogP contribution in [0.2, 0.25) is 0 Å². The summed E-state index contributed by atoms with van der Waals surface area (Å²) in [5.41, 5.74) is 0. The lowest BCUT2D eigenvalue weighted by Gasteiger charge is -2.17. The molecular formula is C18H12N2O6S2. The van der Waals surface area contributed by atoms with Gasteiger partial charge in [0.2, 0.25) is 0 Å². The minimum absolute atomic E-state index is 0.0771. The maximum absolute atomic E-state index is 12.4. The van der Waals surface area contributed by atoms with E-state index in [1.807, 2.05) is 0 Å². The summed E-state index contributed by atoms with van der Waals surface area (Å²) in [4.78, 5) is 51.7. The van der Waals surface area contributed by atoms with Crippen molar-refractivity contribution in [2.24, 2.45) is 0 Å². The monoisotopic (exact) mass is 416 g/mol. The normalized spacial score (nSPS) is 20.4. The van der Waals surface area contributed by atoms with E-state index in [1.165, 1.54) is 24.7 Å². The van der Waals surface area contributed by atoms with Crippen molar-refractivity contribution in [1.82, 2.24) is 9.80 Å². The van der Waals surface area contributed by atoms with Crippen LogP contribution in [0, 0.1) is 0 Å². The lowest BCUT2D eigenvalue weighted by Crippen LogP contribution is -2.39. The Kier molecular flexibility index (Phi) is 4.97. The van der Waals surface area contributed by atoms with Gasteiger partial charge in [-0.05, 0) is 47.8 Å². The van der Waals surface area contributed by atoms with Gasteiger partial charge in [0.25, 0.3) is 22.3 Å². The van der Waals surface area contributed by atoms with Crippen LogP contribution in [0.5, 0.6) is 0 Å². The quantitative estimate of drug-likeness (QED) is 0.681. The van der Waals surface area contributed by atoms with Gasteiger partial charge in [-0.2, -0.15) is 0 Å². The molecule has 142 valence electrons. The number of hydrogen-bond acceptors (Lipinski definition) is 8. The number of carbonyl (C=O) groups is 4. The first-order chi connectivity index (χ1) is 13.5. The van der Waals surface area contributed by atoms with Crippen LogP contribution in [0.1, 0.15) is 11.5 Å². The number of amides is 4. The molecule has 0 bridgehead atoms. The molecule has 2 aliphatic rings. The van der Waals surface area contributed by atoms with E-state index >= 15 is 0 Å². The van der Waals surface area contributed by atoms with Gasteiger partial charge in [-0.3, -0.25) is 29.0 Å². The smallest absolute Gasteiger partial charge is 0.293 e. The number of rotatable bonds is 5. The molecule has 0 atom stereocenters. The van der Waals surface area contributed by atoms with Crippen LogP contribution in [-0.2, 0) is 9.59 Å². The summed E-state index contributed by atoms with van der Waals surface area (Å²) in [6.07, 6.45) is 5.90. The Labute approximate surface area is 167 Å². The Hall–Kier alpha value is -2.98. The topological polar surface area (TPSA) is 101 Å². The van der Waals surface area contributed by atoms with Gasteiger partial charge in [-0.15, -0.1) is 0 Å². The van der Waals surface area contributed by atoms with E-state index in [2.05, 4.69) is 0 Å². The molecule has 2 aromatic heterocycles. The molecule has 4 amide bonds. The van der Waals surface area contributed by atoms with E-state index in [0.717, 1.165) is 33.3 Å². The fourth-order valence-electron chi connectivity index (χ4n) is 2.59.